The normalized spacial score (nSPS) is 11.3. The fraction of sp³-hybridized carbons (Fsp3) is 0.462. The van der Waals surface area contributed by atoms with Gasteiger partial charge in [-0.3, -0.25) is 4.79 Å². The van der Waals surface area contributed by atoms with E-state index in [1.807, 2.05) is 0 Å². The second-order valence-electron chi connectivity index (χ2n) is 4.55. The zero-order valence-corrected chi connectivity index (χ0v) is 10.3. The molecule has 0 fully saturated rings. The summed E-state index contributed by atoms with van der Waals surface area (Å²) in [5, 5.41) is 20.6. The van der Waals surface area contributed by atoms with E-state index in [0.29, 0.717) is 6.42 Å². The largest absolute Gasteiger partial charge is 0.394 e. The Morgan fingerprint density at radius 2 is 1.83 bits per heavy atom. The van der Waals surface area contributed by atoms with Crippen LogP contribution in [0.3, 0.4) is 0 Å². The fourth-order valence-electron chi connectivity index (χ4n) is 1.44. The summed E-state index contributed by atoms with van der Waals surface area (Å²) < 4.78 is 12.7. The van der Waals surface area contributed by atoms with Crippen LogP contribution in [0.1, 0.15) is 18.9 Å². The number of carbonyl (C=O) groups excluding carboxylic acids is 1. The highest BCUT2D eigenvalue weighted by Gasteiger charge is 2.24. The van der Waals surface area contributed by atoms with Crippen LogP contribution in [0.5, 0.6) is 0 Å². The van der Waals surface area contributed by atoms with Gasteiger partial charge in [0.2, 0.25) is 5.91 Å². The number of aliphatic hydroxyl groups excluding tert-OH is 2. The summed E-state index contributed by atoms with van der Waals surface area (Å²) >= 11 is 0. The van der Waals surface area contributed by atoms with E-state index in [9.17, 15) is 9.18 Å². The third-order valence-electron chi connectivity index (χ3n) is 2.69. The molecule has 0 aliphatic heterocycles. The number of aryl methyl sites for hydroxylation is 1. The van der Waals surface area contributed by atoms with E-state index in [1.165, 1.54) is 12.1 Å². The summed E-state index contributed by atoms with van der Waals surface area (Å²) in [6.07, 6.45) is 0.709. The minimum Gasteiger partial charge on any atom is -0.394 e. The molecule has 0 aromatic heterocycles. The molecule has 1 rings (SSSR count). The number of hydrogen-bond donors (Lipinski definition) is 3. The van der Waals surface area contributed by atoms with Gasteiger partial charge in [-0.2, -0.15) is 0 Å². The molecule has 1 amide bonds. The Balaban J connectivity index is 2.44. The molecule has 1 aromatic rings. The van der Waals surface area contributed by atoms with Gasteiger partial charge in [-0.1, -0.05) is 12.1 Å². The van der Waals surface area contributed by atoms with Crippen molar-refractivity contribution in [3.8, 4) is 0 Å². The maximum absolute atomic E-state index is 12.7. The van der Waals surface area contributed by atoms with E-state index in [4.69, 9.17) is 10.2 Å². The van der Waals surface area contributed by atoms with Crippen molar-refractivity contribution in [2.75, 3.05) is 13.2 Å². The number of aliphatic hydroxyl groups is 2. The highest BCUT2D eigenvalue weighted by atomic mass is 19.1. The molecule has 0 aliphatic carbocycles. The first-order valence-electron chi connectivity index (χ1n) is 5.76. The molecule has 0 spiro atoms. The van der Waals surface area contributed by atoms with Gasteiger partial charge in [0, 0.05) is 6.42 Å². The van der Waals surface area contributed by atoms with E-state index in [2.05, 4.69) is 5.32 Å². The van der Waals surface area contributed by atoms with Crippen LogP contribution in [0.15, 0.2) is 24.3 Å². The van der Waals surface area contributed by atoms with Crippen LogP contribution in [-0.2, 0) is 11.2 Å². The Hall–Kier alpha value is -1.46. The first kappa shape index (κ1) is 14.6. The fourth-order valence-corrected chi connectivity index (χ4v) is 1.44. The van der Waals surface area contributed by atoms with Gasteiger partial charge >= 0.3 is 0 Å². The van der Waals surface area contributed by atoms with Crippen molar-refractivity contribution < 1.29 is 19.4 Å². The summed E-state index contributed by atoms with van der Waals surface area (Å²) in [6, 6.07) is 5.94. The summed E-state index contributed by atoms with van der Waals surface area (Å²) in [5.74, 6) is -0.568. The van der Waals surface area contributed by atoms with E-state index in [0.717, 1.165) is 5.56 Å². The SMILES string of the molecule is CC(CO)(CO)NC(=O)CCc1ccc(F)cc1. The molecule has 0 bridgehead atoms. The molecule has 1 aromatic carbocycles. The molecular formula is C13H18FNO3. The van der Waals surface area contributed by atoms with Gasteiger partial charge in [0.05, 0.1) is 18.8 Å². The standard InChI is InChI=1S/C13H18FNO3/c1-13(8-16,9-17)15-12(18)7-4-10-2-5-11(14)6-3-10/h2-3,5-6,16-17H,4,7-9H2,1H3,(H,15,18). The van der Waals surface area contributed by atoms with Gasteiger partial charge in [-0.25, -0.2) is 4.39 Å². The van der Waals surface area contributed by atoms with Crippen molar-refractivity contribution in [3.05, 3.63) is 35.6 Å². The number of benzene rings is 1. The van der Waals surface area contributed by atoms with Crippen LogP contribution < -0.4 is 5.32 Å². The molecule has 0 heterocycles. The van der Waals surface area contributed by atoms with Gasteiger partial charge in [0.25, 0.3) is 0 Å². The second-order valence-corrected chi connectivity index (χ2v) is 4.55. The van der Waals surface area contributed by atoms with Crippen molar-refractivity contribution in [1.29, 1.82) is 0 Å². The lowest BCUT2D eigenvalue weighted by atomic mass is 10.0. The highest BCUT2D eigenvalue weighted by molar-refractivity contribution is 5.77. The molecule has 100 valence electrons. The van der Waals surface area contributed by atoms with Crippen molar-refractivity contribution in [1.82, 2.24) is 5.32 Å². The molecule has 18 heavy (non-hydrogen) atoms. The predicted molar refractivity (Wildman–Crippen MR) is 65.4 cm³/mol. The number of amides is 1. The number of hydrogen-bond acceptors (Lipinski definition) is 3. The number of carbonyl (C=O) groups is 1. The summed E-state index contributed by atoms with van der Waals surface area (Å²) in [4.78, 5) is 11.6. The Morgan fingerprint density at radius 3 is 2.33 bits per heavy atom. The summed E-state index contributed by atoms with van der Waals surface area (Å²) in [6.45, 7) is 0.903. The zero-order chi connectivity index (χ0) is 13.6. The Kier molecular flexibility index (Phi) is 5.25. The van der Waals surface area contributed by atoms with Crippen molar-refractivity contribution in [2.45, 2.75) is 25.3 Å². The maximum atomic E-state index is 12.7. The maximum Gasteiger partial charge on any atom is 0.220 e. The lowest BCUT2D eigenvalue weighted by Gasteiger charge is -2.26. The highest BCUT2D eigenvalue weighted by Crippen LogP contribution is 2.07. The van der Waals surface area contributed by atoms with Crippen LogP contribution in [0.2, 0.25) is 0 Å². The predicted octanol–water partition coefficient (Wildman–Crippen LogP) is 0.618. The van der Waals surface area contributed by atoms with Crippen LogP contribution >= 0.6 is 0 Å². The quantitative estimate of drug-likeness (QED) is 0.698. The van der Waals surface area contributed by atoms with Gasteiger partial charge in [0.1, 0.15) is 5.82 Å². The van der Waals surface area contributed by atoms with Gasteiger partial charge < -0.3 is 15.5 Å². The smallest absolute Gasteiger partial charge is 0.220 e. The third-order valence-corrected chi connectivity index (χ3v) is 2.69. The molecule has 0 atom stereocenters. The first-order chi connectivity index (χ1) is 8.49. The van der Waals surface area contributed by atoms with Crippen molar-refractivity contribution >= 4 is 5.91 Å². The van der Waals surface area contributed by atoms with E-state index < -0.39 is 5.54 Å². The molecule has 0 saturated heterocycles. The third kappa shape index (κ3) is 4.43. The zero-order valence-electron chi connectivity index (χ0n) is 10.3. The number of rotatable bonds is 6. The van der Waals surface area contributed by atoms with E-state index in [1.54, 1.807) is 19.1 Å². The molecule has 5 heteroatoms. The number of nitrogens with one attached hydrogen (secondary N) is 1. The topological polar surface area (TPSA) is 69.6 Å². The monoisotopic (exact) mass is 255 g/mol. The molecule has 0 saturated carbocycles. The van der Waals surface area contributed by atoms with Crippen LogP contribution in [0, 0.1) is 5.82 Å². The molecule has 0 radical (unpaired) electrons. The Bertz CT molecular complexity index is 388. The molecular weight excluding hydrogens is 237 g/mol. The van der Waals surface area contributed by atoms with Crippen LogP contribution in [-0.4, -0.2) is 34.9 Å². The summed E-state index contributed by atoms with van der Waals surface area (Å²) in [5.41, 5.74) is -0.138. The minimum atomic E-state index is -1.00. The molecule has 3 N–H and O–H groups in total. The van der Waals surface area contributed by atoms with Gasteiger partial charge in [-0.15, -0.1) is 0 Å². The Morgan fingerprint density at radius 1 is 1.28 bits per heavy atom. The lowest BCUT2D eigenvalue weighted by Crippen LogP contribution is -2.51. The van der Waals surface area contributed by atoms with Crippen LogP contribution in [0.4, 0.5) is 4.39 Å². The first-order valence-corrected chi connectivity index (χ1v) is 5.76. The average molecular weight is 255 g/mol. The molecule has 0 aliphatic rings. The van der Waals surface area contributed by atoms with Crippen molar-refractivity contribution in [2.24, 2.45) is 0 Å². The second kappa shape index (κ2) is 6.47. The van der Waals surface area contributed by atoms with Crippen LogP contribution in [0.25, 0.3) is 0 Å². The van der Waals surface area contributed by atoms with Gasteiger partial charge in [0.15, 0.2) is 0 Å². The van der Waals surface area contributed by atoms with Gasteiger partial charge in [-0.05, 0) is 31.0 Å². The molecule has 0 unspecified atom stereocenters. The van der Waals surface area contributed by atoms with E-state index >= 15 is 0 Å². The molecule has 4 nitrogen and oxygen atoms in total. The lowest BCUT2D eigenvalue weighted by molar-refractivity contribution is -0.124. The average Bonchev–Trinajstić information content (AvgIpc) is 2.38. The minimum absolute atomic E-state index is 0.223. The van der Waals surface area contributed by atoms with E-state index in [-0.39, 0.29) is 31.4 Å². The van der Waals surface area contributed by atoms with Crippen molar-refractivity contribution in [3.63, 3.8) is 0 Å². The summed E-state index contributed by atoms with van der Waals surface area (Å²) in [7, 11) is 0. The number of halogens is 1. The Labute approximate surface area is 105 Å².